The molecule has 1 aliphatic rings. The van der Waals surface area contributed by atoms with Crippen molar-refractivity contribution in [1.29, 1.82) is 0 Å². The van der Waals surface area contributed by atoms with Crippen LogP contribution in [0.4, 0.5) is 0 Å². The summed E-state index contributed by atoms with van der Waals surface area (Å²) in [6, 6.07) is 0. The molecule has 0 aliphatic carbocycles. The van der Waals surface area contributed by atoms with Gasteiger partial charge in [0, 0.05) is 13.5 Å². The van der Waals surface area contributed by atoms with E-state index in [0.29, 0.717) is 6.10 Å². The van der Waals surface area contributed by atoms with Crippen LogP contribution in [-0.4, -0.2) is 40.6 Å². The molecule has 84 valence electrons. The van der Waals surface area contributed by atoms with Gasteiger partial charge in [0.15, 0.2) is 0 Å². The summed E-state index contributed by atoms with van der Waals surface area (Å²) < 4.78 is 7.59. The molecule has 2 rings (SSSR count). The van der Waals surface area contributed by atoms with Crippen LogP contribution >= 0.6 is 0 Å². The summed E-state index contributed by atoms with van der Waals surface area (Å²) >= 11 is 0. The maximum absolute atomic E-state index is 5.79. The minimum absolute atomic E-state index is 0.430. The highest BCUT2D eigenvalue weighted by atomic mass is 16.5. The molecule has 1 fully saturated rings. The summed E-state index contributed by atoms with van der Waals surface area (Å²) in [7, 11) is 1.91. The Balaban J connectivity index is 1.68. The molecule has 1 aliphatic heterocycles. The third-order valence-corrected chi connectivity index (χ3v) is 2.77. The molecule has 0 unspecified atom stereocenters. The zero-order valence-corrected chi connectivity index (χ0v) is 9.15. The average Bonchev–Trinajstić information content (AvgIpc) is 2.66. The maximum atomic E-state index is 5.79. The standard InChI is InChI=1S/C10H18N4O/c1-14-10(12-8-13-14)4-7-15-9-2-5-11-6-3-9/h8-9,11H,2-7H2,1H3. The van der Waals surface area contributed by atoms with Crippen molar-refractivity contribution >= 4 is 0 Å². The Morgan fingerprint density at radius 2 is 2.33 bits per heavy atom. The first-order valence-corrected chi connectivity index (χ1v) is 5.51. The van der Waals surface area contributed by atoms with Crippen LogP contribution in [-0.2, 0) is 18.2 Å². The average molecular weight is 210 g/mol. The lowest BCUT2D eigenvalue weighted by atomic mass is 10.1. The van der Waals surface area contributed by atoms with E-state index in [1.165, 1.54) is 0 Å². The van der Waals surface area contributed by atoms with E-state index in [-0.39, 0.29) is 0 Å². The van der Waals surface area contributed by atoms with Gasteiger partial charge in [-0.15, -0.1) is 0 Å². The van der Waals surface area contributed by atoms with Crippen molar-refractivity contribution in [3.8, 4) is 0 Å². The van der Waals surface area contributed by atoms with Gasteiger partial charge >= 0.3 is 0 Å². The van der Waals surface area contributed by atoms with E-state index in [0.717, 1.165) is 44.8 Å². The largest absolute Gasteiger partial charge is 0.378 e. The molecule has 0 amide bonds. The first-order valence-electron chi connectivity index (χ1n) is 5.51. The number of aryl methyl sites for hydroxylation is 1. The lowest BCUT2D eigenvalue weighted by molar-refractivity contribution is 0.0339. The highest BCUT2D eigenvalue weighted by Gasteiger charge is 2.13. The zero-order valence-electron chi connectivity index (χ0n) is 9.15. The van der Waals surface area contributed by atoms with Crippen molar-refractivity contribution in [3.05, 3.63) is 12.2 Å². The van der Waals surface area contributed by atoms with E-state index in [4.69, 9.17) is 4.74 Å². The number of aromatic nitrogens is 3. The first kappa shape index (κ1) is 10.6. The van der Waals surface area contributed by atoms with Gasteiger partial charge in [0.05, 0.1) is 12.7 Å². The predicted molar refractivity (Wildman–Crippen MR) is 56.6 cm³/mol. The lowest BCUT2D eigenvalue weighted by Gasteiger charge is -2.22. The van der Waals surface area contributed by atoms with Crippen molar-refractivity contribution in [1.82, 2.24) is 20.1 Å². The fourth-order valence-electron chi connectivity index (χ4n) is 1.83. The van der Waals surface area contributed by atoms with Crippen LogP contribution in [0.2, 0.25) is 0 Å². The summed E-state index contributed by atoms with van der Waals surface area (Å²) in [4.78, 5) is 4.16. The molecule has 0 radical (unpaired) electrons. The normalized spacial score (nSPS) is 18.2. The molecule has 1 aromatic rings. The number of nitrogens with one attached hydrogen (secondary N) is 1. The zero-order chi connectivity index (χ0) is 10.5. The number of piperidine rings is 1. The molecule has 2 heterocycles. The lowest BCUT2D eigenvalue weighted by Crippen LogP contribution is -2.32. The van der Waals surface area contributed by atoms with Crippen LogP contribution < -0.4 is 5.32 Å². The van der Waals surface area contributed by atoms with Crippen molar-refractivity contribution in [2.45, 2.75) is 25.4 Å². The van der Waals surface area contributed by atoms with Gasteiger partial charge in [-0.2, -0.15) is 5.10 Å². The molecule has 1 saturated heterocycles. The Morgan fingerprint density at radius 1 is 1.53 bits per heavy atom. The van der Waals surface area contributed by atoms with Crippen LogP contribution in [0.25, 0.3) is 0 Å². The van der Waals surface area contributed by atoms with Gasteiger partial charge in [-0.05, 0) is 25.9 Å². The minimum atomic E-state index is 0.430. The Morgan fingerprint density at radius 3 is 3.00 bits per heavy atom. The van der Waals surface area contributed by atoms with Crippen LogP contribution in [0.5, 0.6) is 0 Å². The molecule has 0 bridgehead atoms. The molecule has 1 N–H and O–H groups in total. The van der Waals surface area contributed by atoms with Gasteiger partial charge in [0.25, 0.3) is 0 Å². The van der Waals surface area contributed by atoms with Crippen LogP contribution in [0.3, 0.4) is 0 Å². The van der Waals surface area contributed by atoms with E-state index < -0.39 is 0 Å². The number of ether oxygens (including phenoxy) is 1. The van der Waals surface area contributed by atoms with E-state index in [1.54, 1.807) is 11.0 Å². The molecule has 5 nitrogen and oxygen atoms in total. The van der Waals surface area contributed by atoms with E-state index >= 15 is 0 Å². The second-order valence-electron chi connectivity index (χ2n) is 3.87. The fraction of sp³-hybridized carbons (Fsp3) is 0.800. The topological polar surface area (TPSA) is 52.0 Å². The third kappa shape index (κ3) is 3.00. The highest BCUT2D eigenvalue weighted by molar-refractivity contribution is 4.83. The fourth-order valence-corrected chi connectivity index (χ4v) is 1.83. The summed E-state index contributed by atoms with van der Waals surface area (Å²) in [5.41, 5.74) is 0. The van der Waals surface area contributed by atoms with Gasteiger partial charge in [-0.25, -0.2) is 4.98 Å². The van der Waals surface area contributed by atoms with E-state index in [2.05, 4.69) is 15.4 Å². The number of rotatable bonds is 4. The minimum Gasteiger partial charge on any atom is -0.378 e. The smallest absolute Gasteiger partial charge is 0.138 e. The molecule has 0 aromatic carbocycles. The summed E-state index contributed by atoms with van der Waals surface area (Å²) in [6.45, 7) is 2.90. The SMILES string of the molecule is Cn1ncnc1CCOC1CCNCC1. The van der Waals surface area contributed by atoms with Gasteiger partial charge in [0.2, 0.25) is 0 Å². The van der Waals surface area contributed by atoms with Crippen LogP contribution in [0.15, 0.2) is 6.33 Å². The van der Waals surface area contributed by atoms with Gasteiger partial charge in [-0.1, -0.05) is 0 Å². The van der Waals surface area contributed by atoms with Crippen LogP contribution in [0.1, 0.15) is 18.7 Å². The van der Waals surface area contributed by atoms with Gasteiger partial charge < -0.3 is 10.1 Å². The quantitative estimate of drug-likeness (QED) is 0.767. The van der Waals surface area contributed by atoms with Crippen molar-refractivity contribution in [2.75, 3.05) is 19.7 Å². The highest BCUT2D eigenvalue weighted by Crippen LogP contribution is 2.07. The third-order valence-electron chi connectivity index (χ3n) is 2.77. The number of nitrogens with zero attached hydrogens (tertiary/aromatic N) is 3. The second-order valence-corrected chi connectivity index (χ2v) is 3.87. The number of hydrogen-bond acceptors (Lipinski definition) is 4. The molecule has 0 spiro atoms. The van der Waals surface area contributed by atoms with Gasteiger partial charge in [0.1, 0.15) is 12.2 Å². The van der Waals surface area contributed by atoms with E-state index in [1.807, 2.05) is 7.05 Å². The molecule has 0 saturated carbocycles. The molecule has 15 heavy (non-hydrogen) atoms. The summed E-state index contributed by atoms with van der Waals surface area (Å²) in [6.07, 6.45) is 5.11. The summed E-state index contributed by atoms with van der Waals surface area (Å²) in [5, 5.41) is 7.34. The number of hydrogen-bond donors (Lipinski definition) is 1. The summed E-state index contributed by atoms with van der Waals surface area (Å²) in [5.74, 6) is 0.990. The van der Waals surface area contributed by atoms with Crippen molar-refractivity contribution in [2.24, 2.45) is 7.05 Å². The van der Waals surface area contributed by atoms with Gasteiger partial charge in [-0.3, -0.25) is 4.68 Å². The molecule has 1 aromatic heterocycles. The Labute approximate surface area is 89.8 Å². The molecule has 0 atom stereocenters. The van der Waals surface area contributed by atoms with Crippen molar-refractivity contribution in [3.63, 3.8) is 0 Å². The first-order chi connectivity index (χ1) is 7.36. The van der Waals surface area contributed by atoms with E-state index in [9.17, 15) is 0 Å². The molecule has 5 heteroatoms. The monoisotopic (exact) mass is 210 g/mol. The molecular formula is C10H18N4O. The Bertz CT molecular complexity index is 293. The van der Waals surface area contributed by atoms with Crippen LogP contribution in [0, 0.1) is 0 Å². The second kappa shape index (κ2) is 5.23. The Hall–Kier alpha value is -0.940. The Kier molecular flexibility index (Phi) is 3.69. The maximum Gasteiger partial charge on any atom is 0.138 e. The predicted octanol–water partition coefficient (Wildman–Crippen LogP) is 0.126. The van der Waals surface area contributed by atoms with Crippen molar-refractivity contribution < 1.29 is 4.74 Å². The molecular weight excluding hydrogens is 192 g/mol.